The molecule has 0 spiro atoms. The molecule has 0 atom stereocenters. The minimum Gasteiger partial charge on any atom is -0.463 e. The van der Waals surface area contributed by atoms with Crippen molar-refractivity contribution in [2.75, 3.05) is 13.2 Å². The van der Waals surface area contributed by atoms with Gasteiger partial charge >= 0.3 is 5.97 Å². The number of carbonyl (C=O) groups excluding carboxylic acids is 2. The Kier molecular flexibility index (Phi) is 6.04. The van der Waals surface area contributed by atoms with Gasteiger partial charge in [-0.1, -0.05) is 31.5 Å². The van der Waals surface area contributed by atoms with Crippen LogP contribution in [-0.2, 0) is 9.53 Å². The van der Waals surface area contributed by atoms with Crippen molar-refractivity contribution in [3.05, 3.63) is 60.5 Å². The Morgan fingerprint density at radius 1 is 1.19 bits per heavy atom. The van der Waals surface area contributed by atoms with Crippen LogP contribution >= 0.6 is 0 Å². The molecule has 0 saturated heterocycles. The molecule has 1 amide bonds. The summed E-state index contributed by atoms with van der Waals surface area (Å²) in [4.78, 5) is 24.3. The van der Waals surface area contributed by atoms with Crippen LogP contribution in [0.3, 0.4) is 0 Å². The third-order valence-electron chi connectivity index (χ3n) is 3.88. The van der Waals surface area contributed by atoms with Crippen molar-refractivity contribution in [2.45, 2.75) is 19.8 Å². The predicted molar refractivity (Wildman–Crippen MR) is 99.5 cm³/mol. The number of hydrogen-bond donors (Lipinski definition) is 1. The van der Waals surface area contributed by atoms with E-state index in [2.05, 4.69) is 10.4 Å². The molecule has 1 aromatic carbocycles. The third kappa shape index (κ3) is 4.63. The molecular formula is C20H21N3O4. The van der Waals surface area contributed by atoms with Crippen LogP contribution in [0.25, 0.3) is 17.1 Å². The van der Waals surface area contributed by atoms with Gasteiger partial charge in [-0.15, -0.1) is 0 Å². The molecule has 0 aliphatic heterocycles. The van der Waals surface area contributed by atoms with E-state index in [0.29, 0.717) is 23.7 Å². The fourth-order valence-corrected chi connectivity index (χ4v) is 2.50. The van der Waals surface area contributed by atoms with Gasteiger partial charge in [-0.25, -0.2) is 9.48 Å². The quantitative estimate of drug-likeness (QED) is 0.488. The number of amides is 1. The summed E-state index contributed by atoms with van der Waals surface area (Å²) in [5.74, 6) is -0.417. The molecule has 3 aromatic rings. The van der Waals surface area contributed by atoms with Crippen LogP contribution in [0.5, 0.6) is 0 Å². The van der Waals surface area contributed by atoms with Crippen LogP contribution in [0.2, 0.25) is 0 Å². The van der Waals surface area contributed by atoms with Crippen LogP contribution in [0.4, 0.5) is 0 Å². The number of esters is 1. The maximum atomic E-state index is 12.6. The molecular weight excluding hydrogens is 346 g/mol. The second-order valence-corrected chi connectivity index (χ2v) is 5.92. The molecule has 7 heteroatoms. The summed E-state index contributed by atoms with van der Waals surface area (Å²) in [6.45, 7) is 2.27. The number of carbonyl (C=O) groups is 2. The first-order valence-corrected chi connectivity index (χ1v) is 8.82. The number of aromatic nitrogens is 2. The number of nitrogens with zero attached hydrogens (tertiary/aromatic N) is 2. The molecule has 0 fully saturated rings. The summed E-state index contributed by atoms with van der Waals surface area (Å²) in [5.41, 5.74) is 1.42. The van der Waals surface area contributed by atoms with Gasteiger partial charge in [0.15, 0.2) is 18.1 Å². The highest BCUT2D eigenvalue weighted by atomic mass is 16.5. The molecule has 0 unspecified atom stereocenters. The Morgan fingerprint density at radius 2 is 2.00 bits per heavy atom. The zero-order chi connectivity index (χ0) is 19.1. The number of rotatable bonds is 8. The van der Waals surface area contributed by atoms with Gasteiger partial charge < -0.3 is 14.5 Å². The topological polar surface area (TPSA) is 86.4 Å². The molecule has 3 rings (SSSR count). The van der Waals surface area contributed by atoms with Crippen LogP contribution in [0, 0.1) is 0 Å². The Bertz CT molecular complexity index is 885. The molecule has 0 radical (unpaired) electrons. The summed E-state index contributed by atoms with van der Waals surface area (Å²) in [6, 6.07) is 14.3. The Morgan fingerprint density at radius 3 is 2.70 bits per heavy atom. The molecule has 0 saturated carbocycles. The lowest BCUT2D eigenvalue weighted by molar-refractivity contribution is -0.124. The molecule has 0 aliphatic carbocycles. The first-order valence-electron chi connectivity index (χ1n) is 8.82. The van der Waals surface area contributed by atoms with Gasteiger partial charge in [-0.2, -0.15) is 5.10 Å². The van der Waals surface area contributed by atoms with E-state index in [-0.39, 0.29) is 18.2 Å². The minimum atomic E-state index is -0.630. The first-order chi connectivity index (χ1) is 13.2. The Balaban J connectivity index is 1.79. The highest BCUT2D eigenvalue weighted by Gasteiger charge is 2.20. The van der Waals surface area contributed by atoms with Crippen molar-refractivity contribution in [3.63, 3.8) is 0 Å². The van der Waals surface area contributed by atoms with Crippen LogP contribution < -0.4 is 5.32 Å². The van der Waals surface area contributed by atoms with Gasteiger partial charge in [-0.3, -0.25) is 4.79 Å². The fourth-order valence-electron chi connectivity index (χ4n) is 2.50. The van der Waals surface area contributed by atoms with E-state index in [0.717, 1.165) is 12.8 Å². The van der Waals surface area contributed by atoms with Gasteiger partial charge in [0.1, 0.15) is 5.69 Å². The smallest absolute Gasteiger partial charge is 0.357 e. The van der Waals surface area contributed by atoms with Crippen LogP contribution in [-0.4, -0.2) is 34.8 Å². The molecule has 140 valence electrons. The number of nitrogens with one attached hydrogen (secondary N) is 1. The highest BCUT2D eigenvalue weighted by Crippen LogP contribution is 2.22. The monoisotopic (exact) mass is 367 g/mol. The first kappa shape index (κ1) is 18.4. The summed E-state index contributed by atoms with van der Waals surface area (Å²) in [5, 5.41) is 7.16. The number of furan rings is 1. The molecule has 7 nitrogen and oxygen atoms in total. The van der Waals surface area contributed by atoms with Crippen molar-refractivity contribution in [1.29, 1.82) is 0 Å². The van der Waals surface area contributed by atoms with E-state index in [1.807, 2.05) is 37.3 Å². The van der Waals surface area contributed by atoms with E-state index in [4.69, 9.17) is 9.15 Å². The average molecular weight is 367 g/mol. The molecule has 2 heterocycles. The molecule has 27 heavy (non-hydrogen) atoms. The number of para-hydroxylation sites is 1. The lowest BCUT2D eigenvalue weighted by Gasteiger charge is -2.08. The SMILES string of the molecule is CCCCNC(=O)COC(=O)c1cc(-c2ccco2)nn1-c1ccccc1. The standard InChI is InChI=1S/C20H21N3O4/c1-2-3-11-21-19(24)14-27-20(25)17-13-16(18-10-7-12-26-18)22-23(17)15-8-5-4-6-9-15/h4-10,12-13H,2-3,11,14H2,1H3,(H,21,24). The van der Waals surface area contributed by atoms with E-state index in [9.17, 15) is 9.59 Å². The van der Waals surface area contributed by atoms with Gasteiger partial charge in [0.2, 0.25) is 0 Å². The minimum absolute atomic E-state index is 0.217. The lowest BCUT2D eigenvalue weighted by Crippen LogP contribution is -2.29. The van der Waals surface area contributed by atoms with Crippen molar-refractivity contribution in [1.82, 2.24) is 15.1 Å². The molecule has 2 aromatic heterocycles. The number of hydrogen-bond acceptors (Lipinski definition) is 5. The van der Waals surface area contributed by atoms with Gasteiger partial charge in [0.25, 0.3) is 5.91 Å². The van der Waals surface area contributed by atoms with Crippen molar-refractivity contribution in [3.8, 4) is 17.1 Å². The normalized spacial score (nSPS) is 10.6. The third-order valence-corrected chi connectivity index (χ3v) is 3.88. The summed E-state index contributed by atoms with van der Waals surface area (Å²) in [6.07, 6.45) is 3.40. The maximum absolute atomic E-state index is 12.6. The summed E-state index contributed by atoms with van der Waals surface area (Å²) >= 11 is 0. The Labute approximate surface area is 156 Å². The number of unbranched alkanes of at least 4 members (excludes halogenated alkanes) is 1. The average Bonchev–Trinajstić information content (AvgIpc) is 3.36. The van der Waals surface area contributed by atoms with E-state index in [1.54, 1.807) is 18.2 Å². The van der Waals surface area contributed by atoms with Crippen LogP contribution in [0.1, 0.15) is 30.3 Å². The predicted octanol–water partition coefficient (Wildman–Crippen LogP) is 3.21. The van der Waals surface area contributed by atoms with Gasteiger partial charge in [0, 0.05) is 12.6 Å². The zero-order valence-corrected chi connectivity index (χ0v) is 15.1. The van der Waals surface area contributed by atoms with Crippen molar-refractivity contribution >= 4 is 11.9 Å². The van der Waals surface area contributed by atoms with Gasteiger partial charge in [0.05, 0.1) is 12.0 Å². The Hall–Kier alpha value is -3.35. The van der Waals surface area contributed by atoms with E-state index in [1.165, 1.54) is 10.9 Å². The van der Waals surface area contributed by atoms with Crippen molar-refractivity contribution < 1.29 is 18.7 Å². The molecule has 0 bridgehead atoms. The lowest BCUT2D eigenvalue weighted by atomic mass is 10.3. The van der Waals surface area contributed by atoms with Crippen molar-refractivity contribution in [2.24, 2.45) is 0 Å². The summed E-state index contributed by atoms with van der Waals surface area (Å²) in [7, 11) is 0. The molecule has 0 aliphatic rings. The van der Waals surface area contributed by atoms with Gasteiger partial charge in [-0.05, 0) is 30.7 Å². The largest absolute Gasteiger partial charge is 0.463 e. The van der Waals surface area contributed by atoms with E-state index < -0.39 is 5.97 Å². The fraction of sp³-hybridized carbons (Fsp3) is 0.250. The number of benzene rings is 1. The second-order valence-electron chi connectivity index (χ2n) is 5.92. The maximum Gasteiger partial charge on any atom is 0.357 e. The summed E-state index contributed by atoms with van der Waals surface area (Å²) < 4.78 is 12.0. The highest BCUT2D eigenvalue weighted by molar-refractivity contribution is 5.91. The molecule has 1 N–H and O–H groups in total. The number of ether oxygens (including phenoxy) is 1. The van der Waals surface area contributed by atoms with E-state index >= 15 is 0 Å². The zero-order valence-electron chi connectivity index (χ0n) is 15.1. The second kappa shape index (κ2) is 8.84. The van der Waals surface area contributed by atoms with Crippen LogP contribution in [0.15, 0.2) is 59.2 Å².